The summed E-state index contributed by atoms with van der Waals surface area (Å²) < 4.78 is 11.6. The van der Waals surface area contributed by atoms with Crippen LogP contribution in [0.15, 0.2) is 50.6 Å². The topological polar surface area (TPSA) is 80.0 Å². The lowest BCUT2D eigenvalue weighted by Crippen LogP contribution is -2.43. The summed E-state index contributed by atoms with van der Waals surface area (Å²) >= 11 is 8.46. The summed E-state index contributed by atoms with van der Waals surface area (Å²) in [5, 5.41) is 8.88. The molecule has 1 saturated heterocycles. The van der Waals surface area contributed by atoms with Gasteiger partial charge in [0, 0.05) is 22.6 Å². The first-order valence-electron chi connectivity index (χ1n) is 10.8. The minimum absolute atomic E-state index is 0.00333. The van der Waals surface area contributed by atoms with E-state index in [-0.39, 0.29) is 37.0 Å². The molecule has 0 radical (unpaired) electrons. The number of rotatable bonds is 7. The predicted molar refractivity (Wildman–Crippen MR) is 135 cm³/mol. The van der Waals surface area contributed by atoms with Crippen LogP contribution in [0.5, 0.6) is 0 Å². The first-order valence-corrected chi connectivity index (χ1v) is 13.2. The Bertz CT molecular complexity index is 1060. The zero-order chi connectivity index (χ0) is 23.4. The number of thiocarbonyl (C=S) groups is 1. The van der Waals surface area contributed by atoms with Gasteiger partial charge in [0.1, 0.15) is 22.4 Å². The molecular weight excluding hydrogens is 478 g/mol. The molecule has 6 nitrogen and oxygen atoms in total. The molecular formula is C24H25NO5S3. The van der Waals surface area contributed by atoms with Crippen molar-refractivity contribution in [2.45, 2.75) is 36.6 Å². The van der Waals surface area contributed by atoms with Gasteiger partial charge in [-0.3, -0.25) is 14.5 Å². The molecule has 174 valence electrons. The van der Waals surface area contributed by atoms with Gasteiger partial charge in [0.25, 0.3) is 5.91 Å². The highest BCUT2D eigenvalue weighted by Gasteiger charge is 2.40. The Morgan fingerprint density at radius 1 is 1.30 bits per heavy atom. The van der Waals surface area contributed by atoms with Gasteiger partial charge >= 0.3 is 5.97 Å². The number of thioether (sulfide) groups is 2. The van der Waals surface area contributed by atoms with Gasteiger partial charge in [-0.15, -0.1) is 11.8 Å². The monoisotopic (exact) mass is 503 g/mol. The van der Waals surface area contributed by atoms with Gasteiger partial charge < -0.3 is 14.3 Å². The van der Waals surface area contributed by atoms with Crippen molar-refractivity contribution in [2.24, 2.45) is 5.92 Å². The number of carbonyl (C=O) groups is 2. The third-order valence-electron chi connectivity index (χ3n) is 5.78. The van der Waals surface area contributed by atoms with Gasteiger partial charge in [-0.1, -0.05) is 42.5 Å². The lowest BCUT2D eigenvalue weighted by Gasteiger charge is -2.33. The van der Waals surface area contributed by atoms with Crippen LogP contribution in [-0.2, 0) is 14.3 Å². The van der Waals surface area contributed by atoms with Crippen LogP contribution in [0.3, 0.4) is 0 Å². The van der Waals surface area contributed by atoms with Gasteiger partial charge in [0.15, 0.2) is 0 Å². The molecule has 1 aromatic heterocycles. The van der Waals surface area contributed by atoms with E-state index in [2.05, 4.69) is 0 Å². The van der Waals surface area contributed by atoms with Crippen molar-refractivity contribution in [1.82, 2.24) is 4.90 Å². The molecule has 2 fully saturated rings. The number of esters is 1. The SMILES string of the molecule is CSc1ccc(-c2ccc(C=C3SC(=S)N(C4CCCC(C(=O)OCCO)C4)C3=O)o2)cc1. The van der Waals surface area contributed by atoms with Crippen molar-refractivity contribution in [1.29, 1.82) is 0 Å². The predicted octanol–water partition coefficient (Wildman–Crippen LogP) is 4.96. The quantitative estimate of drug-likeness (QED) is 0.246. The van der Waals surface area contributed by atoms with Gasteiger partial charge in [-0.2, -0.15) is 0 Å². The van der Waals surface area contributed by atoms with Gasteiger partial charge in [-0.25, -0.2) is 0 Å². The van der Waals surface area contributed by atoms with Crippen LogP contribution < -0.4 is 0 Å². The van der Waals surface area contributed by atoms with Crippen LogP contribution in [0.4, 0.5) is 0 Å². The summed E-state index contributed by atoms with van der Waals surface area (Å²) in [6, 6.07) is 11.7. The molecule has 1 aliphatic carbocycles. The molecule has 0 spiro atoms. The van der Waals surface area contributed by atoms with Crippen LogP contribution in [0.1, 0.15) is 31.4 Å². The fraction of sp³-hybridized carbons (Fsp3) is 0.375. The molecule has 1 N–H and O–H groups in total. The highest BCUT2D eigenvalue weighted by atomic mass is 32.2. The molecule has 1 saturated carbocycles. The maximum absolute atomic E-state index is 13.2. The number of nitrogens with zero attached hydrogens (tertiary/aromatic N) is 1. The van der Waals surface area contributed by atoms with Crippen LogP contribution in [0.2, 0.25) is 0 Å². The highest BCUT2D eigenvalue weighted by molar-refractivity contribution is 8.26. The Labute approximate surface area is 206 Å². The number of furan rings is 1. The number of hydrogen-bond donors (Lipinski definition) is 1. The second kappa shape index (κ2) is 10.9. The lowest BCUT2D eigenvalue weighted by molar-refractivity contribution is -0.151. The molecule has 2 unspecified atom stereocenters. The number of hydrogen-bond acceptors (Lipinski definition) is 8. The van der Waals surface area contributed by atoms with E-state index in [4.69, 9.17) is 26.5 Å². The standard InChI is InChI=1S/C24H25NO5S3/c1-32-19-8-5-15(6-9-19)20-10-7-18(30-20)14-21-22(27)25(24(31)33-21)17-4-2-3-16(13-17)23(28)29-12-11-26/h5-10,14,16-17,26H,2-4,11-13H2,1H3. The van der Waals surface area contributed by atoms with Crippen LogP contribution in [-0.4, -0.2) is 51.7 Å². The van der Waals surface area contributed by atoms with E-state index in [0.29, 0.717) is 21.4 Å². The number of ether oxygens (including phenoxy) is 1. The number of aliphatic hydroxyl groups excluding tert-OH is 1. The minimum Gasteiger partial charge on any atom is -0.463 e. The van der Waals surface area contributed by atoms with E-state index < -0.39 is 0 Å². The molecule has 1 aromatic carbocycles. The summed E-state index contributed by atoms with van der Waals surface area (Å²) in [6.07, 6.45) is 6.61. The van der Waals surface area contributed by atoms with Crippen molar-refractivity contribution in [3.63, 3.8) is 0 Å². The van der Waals surface area contributed by atoms with Crippen LogP contribution in [0.25, 0.3) is 17.4 Å². The van der Waals surface area contributed by atoms with E-state index in [9.17, 15) is 9.59 Å². The van der Waals surface area contributed by atoms with E-state index in [1.165, 1.54) is 16.7 Å². The smallest absolute Gasteiger partial charge is 0.309 e. The summed E-state index contributed by atoms with van der Waals surface area (Å²) in [6.45, 7) is -0.199. The Morgan fingerprint density at radius 2 is 2.09 bits per heavy atom. The van der Waals surface area contributed by atoms with Gasteiger partial charge in [0.2, 0.25) is 0 Å². The zero-order valence-electron chi connectivity index (χ0n) is 18.2. The zero-order valence-corrected chi connectivity index (χ0v) is 20.6. The van der Waals surface area contributed by atoms with Gasteiger partial charge in [-0.05, 0) is 49.8 Å². The number of aliphatic hydroxyl groups is 1. The first kappa shape index (κ1) is 24.1. The first-order chi connectivity index (χ1) is 16.0. The van der Waals surface area contributed by atoms with Crippen molar-refractivity contribution in [3.05, 3.63) is 47.1 Å². The maximum atomic E-state index is 13.2. The number of amides is 1. The van der Waals surface area contributed by atoms with E-state index in [0.717, 1.165) is 30.6 Å². The summed E-state index contributed by atoms with van der Waals surface area (Å²) in [4.78, 5) is 28.8. The lowest BCUT2D eigenvalue weighted by atomic mass is 9.85. The molecule has 2 atom stereocenters. The Hall–Kier alpha value is -2.07. The average Bonchev–Trinajstić information content (AvgIpc) is 3.41. The highest BCUT2D eigenvalue weighted by Crippen LogP contribution is 2.39. The Kier molecular flexibility index (Phi) is 7.95. The third-order valence-corrected chi connectivity index (χ3v) is 7.85. The summed E-state index contributed by atoms with van der Waals surface area (Å²) in [7, 11) is 0. The molecule has 2 aromatic rings. The minimum atomic E-state index is -0.316. The van der Waals surface area contributed by atoms with Gasteiger partial charge in [0.05, 0.1) is 17.4 Å². The maximum Gasteiger partial charge on any atom is 0.309 e. The number of carbonyl (C=O) groups excluding carboxylic acids is 2. The van der Waals surface area contributed by atoms with Crippen molar-refractivity contribution in [3.8, 4) is 11.3 Å². The molecule has 2 heterocycles. The summed E-state index contributed by atoms with van der Waals surface area (Å²) in [5.74, 6) is 0.577. The normalized spacial score (nSPS) is 22.2. The second-order valence-corrected chi connectivity index (χ2v) is 10.4. The van der Waals surface area contributed by atoms with E-state index >= 15 is 0 Å². The Balaban J connectivity index is 1.45. The second-order valence-electron chi connectivity index (χ2n) is 7.89. The molecule has 1 amide bonds. The molecule has 4 rings (SSSR count). The van der Waals surface area contributed by atoms with Crippen molar-refractivity contribution < 1.29 is 23.8 Å². The van der Waals surface area contributed by atoms with E-state index in [1.54, 1.807) is 22.7 Å². The summed E-state index contributed by atoms with van der Waals surface area (Å²) in [5.41, 5.74) is 0.973. The van der Waals surface area contributed by atoms with Crippen LogP contribution in [0, 0.1) is 5.92 Å². The fourth-order valence-electron chi connectivity index (χ4n) is 4.14. The molecule has 33 heavy (non-hydrogen) atoms. The molecule has 2 aliphatic rings. The van der Waals surface area contributed by atoms with Crippen molar-refractivity contribution >= 4 is 58.0 Å². The average molecular weight is 504 g/mol. The molecule has 0 bridgehead atoms. The fourth-order valence-corrected chi connectivity index (χ4v) is 5.93. The third kappa shape index (κ3) is 5.54. The van der Waals surface area contributed by atoms with Crippen LogP contribution >= 0.6 is 35.7 Å². The largest absolute Gasteiger partial charge is 0.463 e. The Morgan fingerprint density at radius 3 is 2.82 bits per heavy atom. The number of benzene rings is 1. The molecule has 1 aliphatic heterocycles. The molecule has 9 heteroatoms. The van der Waals surface area contributed by atoms with Crippen molar-refractivity contribution in [2.75, 3.05) is 19.5 Å². The van der Waals surface area contributed by atoms with E-state index in [1.807, 2.05) is 42.7 Å².